The SMILES string of the molecule is COc1ccc(Cl)cc1S(=O)(=O)N1CCC[C@H](C(=O)Nc2ccccc2Br)C1. The number of piperidine rings is 1. The summed E-state index contributed by atoms with van der Waals surface area (Å²) in [6.45, 7) is 0.450. The normalized spacial score (nSPS) is 17.9. The molecule has 1 atom stereocenters. The van der Waals surface area contributed by atoms with E-state index in [4.69, 9.17) is 16.3 Å². The number of ether oxygens (including phenoxy) is 1. The van der Waals surface area contributed by atoms with Crippen molar-refractivity contribution < 1.29 is 17.9 Å². The number of amides is 1. The third-order valence-electron chi connectivity index (χ3n) is 4.63. The van der Waals surface area contributed by atoms with Crippen LogP contribution in [0, 0.1) is 5.92 Å². The van der Waals surface area contributed by atoms with Gasteiger partial charge in [0.15, 0.2) is 0 Å². The van der Waals surface area contributed by atoms with Crippen molar-refractivity contribution in [2.45, 2.75) is 17.7 Å². The number of carbonyl (C=O) groups is 1. The maximum absolute atomic E-state index is 13.1. The summed E-state index contributed by atoms with van der Waals surface area (Å²) in [7, 11) is -2.43. The standard InChI is InChI=1S/C19H20BrClN2O4S/c1-27-17-9-8-14(21)11-18(17)28(25,26)23-10-4-5-13(12-23)19(24)22-16-7-3-2-6-15(16)20/h2-3,6-9,11,13H,4-5,10,12H2,1H3,(H,22,24)/t13-/m0/s1. The van der Waals surface area contributed by atoms with Gasteiger partial charge in [-0.1, -0.05) is 23.7 Å². The zero-order valence-electron chi connectivity index (χ0n) is 15.2. The summed E-state index contributed by atoms with van der Waals surface area (Å²) in [4.78, 5) is 12.7. The summed E-state index contributed by atoms with van der Waals surface area (Å²) >= 11 is 9.39. The van der Waals surface area contributed by atoms with Gasteiger partial charge < -0.3 is 10.1 Å². The molecule has 0 aromatic heterocycles. The number of hydrogen-bond donors (Lipinski definition) is 1. The highest BCUT2D eigenvalue weighted by molar-refractivity contribution is 9.10. The summed E-state index contributed by atoms with van der Waals surface area (Å²) in [5, 5.41) is 3.18. The van der Waals surface area contributed by atoms with Crippen LogP contribution in [-0.4, -0.2) is 38.8 Å². The number of anilines is 1. The third-order valence-corrected chi connectivity index (χ3v) is 7.44. The van der Waals surface area contributed by atoms with Crippen LogP contribution in [0.15, 0.2) is 51.8 Å². The molecule has 0 radical (unpaired) electrons. The Morgan fingerprint density at radius 3 is 2.75 bits per heavy atom. The van der Waals surface area contributed by atoms with Gasteiger partial charge in [0.25, 0.3) is 0 Å². The number of halogens is 2. The predicted molar refractivity (Wildman–Crippen MR) is 112 cm³/mol. The minimum absolute atomic E-state index is 0.00867. The van der Waals surface area contributed by atoms with E-state index in [9.17, 15) is 13.2 Å². The number of para-hydroxylation sites is 1. The lowest BCUT2D eigenvalue weighted by molar-refractivity contribution is -0.120. The van der Waals surface area contributed by atoms with E-state index in [1.165, 1.54) is 23.5 Å². The fraction of sp³-hybridized carbons (Fsp3) is 0.316. The average molecular weight is 488 g/mol. The maximum atomic E-state index is 13.1. The first-order chi connectivity index (χ1) is 13.3. The fourth-order valence-electron chi connectivity index (χ4n) is 3.16. The van der Waals surface area contributed by atoms with Gasteiger partial charge in [0.05, 0.1) is 18.7 Å². The summed E-state index contributed by atoms with van der Waals surface area (Å²) in [6, 6.07) is 11.8. The van der Waals surface area contributed by atoms with Gasteiger partial charge in [0.2, 0.25) is 15.9 Å². The third kappa shape index (κ3) is 4.51. The molecule has 28 heavy (non-hydrogen) atoms. The minimum atomic E-state index is -3.84. The molecule has 6 nitrogen and oxygen atoms in total. The Morgan fingerprint density at radius 1 is 1.29 bits per heavy atom. The molecule has 9 heteroatoms. The second kappa shape index (κ2) is 8.82. The molecule has 1 heterocycles. The van der Waals surface area contributed by atoms with Gasteiger partial charge in [-0.15, -0.1) is 0 Å². The van der Waals surface area contributed by atoms with Crippen molar-refractivity contribution in [3.05, 3.63) is 52.0 Å². The van der Waals surface area contributed by atoms with E-state index < -0.39 is 15.9 Å². The molecule has 1 fully saturated rings. The number of methoxy groups -OCH3 is 1. The largest absolute Gasteiger partial charge is 0.495 e. The van der Waals surface area contributed by atoms with E-state index in [2.05, 4.69) is 21.2 Å². The van der Waals surface area contributed by atoms with Crippen LogP contribution in [0.2, 0.25) is 5.02 Å². The van der Waals surface area contributed by atoms with E-state index in [0.29, 0.717) is 30.1 Å². The molecule has 0 saturated carbocycles. The van der Waals surface area contributed by atoms with Crippen LogP contribution in [0.5, 0.6) is 5.75 Å². The van der Waals surface area contributed by atoms with Crippen LogP contribution < -0.4 is 10.1 Å². The van der Waals surface area contributed by atoms with Gasteiger partial charge >= 0.3 is 0 Å². The molecule has 150 valence electrons. The molecule has 2 aromatic rings. The Kier molecular flexibility index (Phi) is 6.65. The van der Waals surface area contributed by atoms with Crippen LogP contribution in [0.3, 0.4) is 0 Å². The molecule has 3 rings (SSSR count). The summed E-state index contributed by atoms with van der Waals surface area (Å²) in [5.74, 6) is -0.421. The van der Waals surface area contributed by atoms with E-state index in [1.54, 1.807) is 12.1 Å². The topological polar surface area (TPSA) is 75.7 Å². The van der Waals surface area contributed by atoms with Crippen molar-refractivity contribution >= 4 is 49.1 Å². The number of nitrogens with one attached hydrogen (secondary N) is 1. The smallest absolute Gasteiger partial charge is 0.246 e. The first kappa shape index (κ1) is 21.1. The first-order valence-electron chi connectivity index (χ1n) is 8.72. The molecule has 0 unspecified atom stereocenters. The molecular formula is C19H20BrClN2O4S. The van der Waals surface area contributed by atoms with Crippen LogP contribution in [0.1, 0.15) is 12.8 Å². The zero-order valence-corrected chi connectivity index (χ0v) is 18.4. The van der Waals surface area contributed by atoms with Crippen LogP contribution >= 0.6 is 27.5 Å². The van der Waals surface area contributed by atoms with Crippen molar-refractivity contribution in [3.63, 3.8) is 0 Å². The predicted octanol–water partition coefficient (Wildman–Crippen LogP) is 4.15. The second-order valence-corrected chi connectivity index (χ2v) is 9.66. The van der Waals surface area contributed by atoms with Crippen molar-refractivity contribution in [2.75, 3.05) is 25.5 Å². The van der Waals surface area contributed by atoms with Gasteiger partial charge in [-0.05, 0) is 59.1 Å². The molecular weight excluding hydrogens is 468 g/mol. The quantitative estimate of drug-likeness (QED) is 0.687. The van der Waals surface area contributed by atoms with Crippen molar-refractivity contribution in [2.24, 2.45) is 5.92 Å². The highest BCUT2D eigenvalue weighted by Gasteiger charge is 2.35. The van der Waals surface area contributed by atoms with Crippen molar-refractivity contribution in [1.82, 2.24) is 4.31 Å². The monoisotopic (exact) mass is 486 g/mol. The minimum Gasteiger partial charge on any atom is -0.495 e. The van der Waals surface area contributed by atoms with Gasteiger partial charge in [0, 0.05) is 22.6 Å². The van der Waals surface area contributed by atoms with Gasteiger partial charge in [-0.2, -0.15) is 4.31 Å². The average Bonchev–Trinajstić information content (AvgIpc) is 2.69. The summed E-state index contributed by atoms with van der Waals surface area (Å²) < 4.78 is 33.6. The summed E-state index contributed by atoms with van der Waals surface area (Å²) in [5.41, 5.74) is 0.656. The van der Waals surface area contributed by atoms with Gasteiger partial charge in [0.1, 0.15) is 10.6 Å². The van der Waals surface area contributed by atoms with Crippen molar-refractivity contribution in [3.8, 4) is 5.75 Å². The molecule has 1 aliphatic heterocycles. The lowest BCUT2D eigenvalue weighted by Crippen LogP contribution is -2.43. The van der Waals surface area contributed by atoms with E-state index in [-0.39, 0.29) is 23.1 Å². The Morgan fingerprint density at radius 2 is 2.04 bits per heavy atom. The zero-order chi connectivity index (χ0) is 20.3. The Labute approximate surface area is 178 Å². The van der Waals surface area contributed by atoms with E-state index in [0.717, 1.165) is 4.47 Å². The Balaban J connectivity index is 1.80. The molecule has 2 aromatic carbocycles. The van der Waals surface area contributed by atoms with Crippen LogP contribution in [0.25, 0.3) is 0 Å². The number of carbonyl (C=O) groups excluding carboxylic acids is 1. The highest BCUT2D eigenvalue weighted by atomic mass is 79.9. The van der Waals surface area contributed by atoms with Gasteiger partial charge in [-0.3, -0.25) is 4.79 Å². The number of benzene rings is 2. The highest BCUT2D eigenvalue weighted by Crippen LogP contribution is 2.32. The van der Waals surface area contributed by atoms with Crippen molar-refractivity contribution in [1.29, 1.82) is 0 Å². The Bertz CT molecular complexity index is 984. The number of hydrogen-bond acceptors (Lipinski definition) is 4. The number of nitrogens with zero attached hydrogens (tertiary/aromatic N) is 1. The van der Waals surface area contributed by atoms with Crippen LogP contribution in [-0.2, 0) is 14.8 Å². The molecule has 0 aliphatic carbocycles. The van der Waals surface area contributed by atoms with E-state index in [1.807, 2.05) is 18.2 Å². The molecule has 1 N–H and O–H groups in total. The maximum Gasteiger partial charge on any atom is 0.246 e. The Hall–Kier alpha value is -1.61. The molecule has 0 spiro atoms. The van der Waals surface area contributed by atoms with Gasteiger partial charge in [-0.25, -0.2) is 8.42 Å². The lowest BCUT2D eigenvalue weighted by Gasteiger charge is -2.31. The molecule has 1 saturated heterocycles. The van der Waals surface area contributed by atoms with E-state index >= 15 is 0 Å². The lowest BCUT2D eigenvalue weighted by atomic mass is 9.99. The number of sulfonamides is 1. The second-order valence-electron chi connectivity index (χ2n) is 6.47. The fourth-order valence-corrected chi connectivity index (χ4v) is 5.49. The molecule has 0 bridgehead atoms. The first-order valence-corrected chi connectivity index (χ1v) is 11.3. The van der Waals surface area contributed by atoms with Crippen LogP contribution in [0.4, 0.5) is 5.69 Å². The summed E-state index contributed by atoms with van der Waals surface area (Å²) in [6.07, 6.45) is 1.21. The number of rotatable bonds is 5. The molecule has 1 aliphatic rings. The molecule has 1 amide bonds.